The van der Waals surface area contributed by atoms with E-state index in [1.807, 2.05) is 0 Å². The predicted octanol–water partition coefficient (Wildman–Crippen LogP) is 0.186. The number of fused-ring (bicyclic) bond motifs is 2. The van der Waals surface area contributed by atoms with E-state index in [9.17, 15) is 5.21 Å². The van der Waals surface area contributed by atoms with Gasteiger partial charge in [-0.15, -0.1) is 0 Å². The second-order valence-corrected chi connectivity index (χ2v) is 3.55. The highest BCUT2D eigenvalue weighted by Gasteiger charge is 2.57. The van der Waals surface area contributed by atoms with E-state index in [0.717, 1.165) is 24.1 Å². The van der Waals surface area contributed by atoms with Gasteiger partial charge in [0.25, 0.3) is 0 Å². The summed E-state index contributed by atoms with van der Waals surface area (Å²) in [6.45, 7) is 0.512. The molecule has 2 heterocycles. The zero-order valence-electron chi connectivity index (χ0n) is 6.54. The molecule has 2 aliphatic rings. The predicted molar refractivity (Wildman–Crippen MR) is 41.2 cm³/mol. The van der Waals surface area contributed by atoms with Crippen molar-refractivity contribution >= 4 is 5.82 Å². The molecule has 0 saturated heterocycles. The molecule has 1 saturated carbocycles. The van der Waals surface area contributed by atoms with E-state index in [-0.39, 0.29) is 5.54 Å². The minimum Gasteiger partial charge on any atom is -0.384 e. The minimum atomic E-state index is -0.177. The van der Waals surface area contributed by atoms with Crippen molar-refractivity contribution in [2.45, 2.75) is 24.9 Å². The Morgan fingerprint density at radius 1 is 1.58 bits per heavy atom. The fourth-order valence-corrected chi connectivity index (χ4v) is 1.96. The quantitative estimate of drug-likeness (QED) is 0.514. The summed E-state index contributed by atoms with van der Waals surface area (Å²) >= 11 is 0. The summed E-state index contributed by atoms with van der Waals surface area (Å²) in [5.74, 6) is 0.591. The molecule has 4 N–H and O–H groups in total. The Balaban J connectivity index is 2.19. The van der Waals surface area contributed by atoms with Crippen molar-refractivity contribution in [3.8, 4) is 0 Å². The van der Waals surface area contributed by atoms with Crippen LogP contribution in [0.5, 0.6) is 0 Å². The Morgan fingerprint density at radius 2 is 2.33 bits per heavy atom. The van der Waals surface area contributed by atoms with Gasteiger partial charge in [0, 0.05) is 5.56 Å². The van der Waals surface area contributed by atoms with Crippen molar-refractivity contribution in [1.29, 1.82) is 0 Å². The average Bonchev–Trinajstić information content (AvgIpc) is 2.70. The van der Waals surface area contributed by atoms with Gasteiger partial charge in [0.1, 0.15) is 5.82 Å². The van der Waals surface area contributed by atoms with Crippen LogP contribution < -0.4 is 5.73 Å². The summed E-state index contributed by atoms with van der Waals surface area (Å²) in [6.07, 6.45) is 1.97. The molecule has 1 aliphatic carbocycles. The van der Waals surface area contributed by atoms with Gasteiger partial charge in [0.05, 0.1) is 17.8 Å². The van der Waals surface area contributed by atoms with Gasteiger partial charge in [-0.05, 0) is 12.8 Å². The SMILES string of the molecule is Nc1[nH]nc2c1CN(O)C21CC1. The van der Waals surface area contributed by atoms with E-state index in [2.05, 4.69) is 10.2 Å². The van der Waals surface area contributed by atoms with Crippen molar-refractivity contribution in [2.24, 2.45) is 0 Å². The summed E-state index contributed by atoms with van der Waals surface area (Å²) in [5, 5.41) is 17.8. The standard InChI is InChI=1S/C7H10N4O/c8-6-4-3-11(12)7(1-2-7)5(4)9-10-6/h12H,1-3H2,(H3,8,9,10). The topological polar surface area (TPSA) is 78.2 Å². The van der Waals surface area contributed by atoms with Gasteiger partial charge < -0.3 is 10.9 Å². The number of aromatic amines is 1. The molecule has 1 aliphatic heterocycles. The monoisotopic (exact) mass is 166 g/mol. The Kier molecular flexibility index (Phi) is 0.885. The number of H-pyrrole nitrogens is 1. The maximum Gasteiger partial charge on any atom is 0.123 e. The van der Waals surface area contributed by atoms with Crippen LogP contribution in [0.4, 0.5) is 5.82 Å². The van der Waals surface area contributed by atoms with Crippen molar-refractivity contribution in [3.05, 3.63) is 11.3 Å². The van der Waals surface area contributed by atoms with Crippen LogP contribution >= 0.6 is 0 Å². The Bertz CT molecular complexity index is 341. The molecule has 3 rings (SSSR count). The lowest BCUT2D eigenvalue weighted by atomic mass is 10.2. The van der Waals surface area contributed by atoms with E-state index >= 15 is 0 Å². The van der Waals surface area contributed by atoms with E-state index in [4.69, 9.17) is 5.73 Å². The molecule has 0 aromatic carbocycles. The molecular formula is C7H10N4O. The molecule has 5 nitrogen and oxygen atoms in total. The lowest BCUT2D eigenvalue weighted by Gasteiger charge is -2.14. The zero-order chi connectivity index (χ0) is 8.34. The maximum absolute atomic E-state index is 9.58. The molecule has 0 amide bonds. The Morgan fingerprint density at radius 3 is 3.00 bits per heavy atom. The molecule has 5 heteroatoms. The first kappa shape index (κ1) is 6.45. The number of nitrogens with two attached hydrogens (primary N) is 1. The number of hydroxylamine groups is 2. The molecule has 0 radical (unpaired) electrons. The van der Waals surface area contributed by atoms with Crippen LogP contribution in [0.1, 0.15) is 24.1 Å². The smallest absolute Gasteiger partial charge is 0.123 e. The number of nitrogens with zero attached hydrogens (tertiary/aromatic N) is 2. The Labute approximate surface area is 69.1 Å². The zero-order valence-corrected chi connectivity index (χ0v) is 6.54. The van der Waals surface area contributed by atoms with Gasteiger partial charge in [0.15, 0.2) is 0 Å². The highest BCUT2D eigenvalue weighted by Crippen LogP contribution is 2.55. The van der Waals surface area contributed by atoms with Gasteiger partial charge in [-0.2, -0.15) is 10.2 Å². The van der Waals surface area contributed by atoms with Crippen molar-refractivity contribution in [2.75, 3.05) is 5.73 Å². The van der Waals surface area contributed by atoms with E-state index < -0.39 is 0 Å². The van der Waals surface area contributed by atoms with Gasteiger partial charge in [-0.25, -0.2) is 0 Å². The van der Waals surface area contributed by atoms with E-state index in [1.165, 1.54) is 5.06 Å². The summed E-state index contributed by atoms with van der Waals surface area (Å²) in [5.41, 5.74) is 7.38. The minimum absolute atomic E-state index is 0.177. The first-order chi connectivity index (χ1) is 5.74. The van der Waals surface area contributed by atoms with Gasteiger partial charge in [0.2, 0.25) is 0 Å². The van der Waals surface area contributed by atoms with Crippen LogP contribution in [0.2, 0.25) is 0 Å². The highest BCUT2D eigenvalue weighted by atomic mass is 16.5. The molecule has 0 unspecified atom stereocenters. The maximum atomic E-state index is 9.58. The average molecular weight is 166 g/mol. The van der Waals surface area contributed by atoms with Gasteiger partial charge >= 0.3 is 0 Å². The summed E-state index contributed by atoms with van der Waals surface area (Å²) in [4.78, 5) is 0. The highest BCUT2D eigenvalue weighted by molar-refractivity contribution is 5.49. The van der Waals surface area contributed by atoms with Crippen molar-refractivity contribution < 1.29 is 5.21 Å². The Hall–Kier alpha value is -1.07. The third kappa shape index (κ3) is 0.518. The number of anilines is 1. The normalized spacial score (nSPS) is 24.8. The van der Waals surface area contributed by atoms with Crippen LogP contribution in [-0.2, 0) is 12.1 Å². The number of aromatic nitrogens is 2. The molecule has 1 fully saturated rings. The first-order valence-electron chi connectivity index (χ1n) is 4.04. The van der Waals surface area contributed by atoms with Crippen LogP contribution in [0, 0.1) is 0 Å². The summed E-state index contributed by atoms with van der Waals surface area (Å²) in [7, 11) is 0. The molecule has 1 aromatic rings. The van der Waals surface area contributed by atoms with Gasteiger partial charge in [-0.3, -0.25) is 5.10 Å². The summed E-state index contributed by atoms with van der Waals surface area (Å²) in [6, 6.07) is 0. The molecule has 1 spiro atoms. The van der Waals surface area contributed by atoms with Crippen molar-refractivity contribution in [1.82, 2.24) is 15.3 Å². The van der Waals surface area contributed by atoms with E-state index in [0.29, 0.717) is 12.4 Å². The molecule has 0 atom stereocenters. The third-order valence-corrected chi connectivity index (χ3v) is 2.87. The lowest BCUT2D eigenvalue weighted by Crippen LogP contribution is -2.25. The first-order valence-corrected chi connectivity index (χ1v) is 4.04. The number of nitrogen functional groups attached to an aromatic ring is 1. The molecule has 1 aromatic heterocycles. The largest absolute Gasteiger partial charge is 0.384 e. The van der Waals surface area contributed by atoms with Crippen LogP contribution in [0.25, 0.3) is 0 Å². The second-order valence-electron chi connectivity index (χ2n) is 3.55. The second kappa shape index (κ2) is 1.65. The van der Waals surface area contributed by atoms with E-state index in [1.54, 1.807) is 0 Å². The molecular weight excluding hydrogens is 156 g/mol. The lowest BCUT2D eigenvalue weighted by molar-refractivity contribution is -0.138. The molecule has 12 heavy (non-hydrogen) atoms. The summed E-state index contributed by atoms with van der Waals surface area (Å²) < 4.78 is 0. The van der Waals surface area contributed by atoms with Crippen LogP contribution in [-0.4, -0.2) is 20.5 Å². The molecule has 64 valence electrons. The van der Waals surface area contributed by atoms with Gasteiger partial charge in [-0.1, -0.05) is 0 Å². The number of nitrogens with one attached hydrogen (secondary N) is 1. The fourth-order valence-electron chi connectivity index (χ4n) is 1.96. The number of hydrogen-bond acceptors (Lipinski definition) is 4. The van der Waals surface area contributed by atoms with Crippen molar-refractivity contribution in [3.63, 3.8) is 0 Å². The number of hydrogen-bond donors (Lipinski definition) is 3. The third-order valence-electron chi connectivity index (χ3n) is 2.87. The van der Waals surface area contributed by atoms with Crippen LogP contribution in [0.15, 0.2) is 0 Å². The molecule has 0 bridgehead atoms. The number of rotatable bonds is 0. The van der Waals surface area contributed by atoms with Crippen LogP contribution in [0.3, 0.4) is 0 Å². The fraction of sp³-hybridized carbons (Fsp3) is 0.571.